The lowest BCUT2D eigenvalue weighted by molar-refractivity contribution is -0.140. The summed E-state index contributed by atoms with van der Waals surface area (Å²) in [6, 6.07) is 8.40. The van der Waals surface area contributed by atoms with Gasteiger partial charge in [0, 0.05) is 50.1 Å². The van der Waals surface area contributed by atoms with Crippen molar-refractivity contribution in [1.82, 2.24) is 9.80 Å². The normalized spacial score (nSPS) is 29.2. The van der Waals surface area contributed by atoms with E-state index < -0.39 is 5.67 Å². The Hall–Kier alpha value is -2.15. The van der Waals surface area contributed by atoms with Crippen molar-refractivity contribution in [1.29, 1.82) is 0 Å². The topological polar surface area (TPSA) is 53.1 Å². The predicted molar refractivity (Wildman–Crippen MR) is 107 cm³/mol. The van der Waals surface area contributed by atoms with E-state index in [1.54, 1.807) is 6.92 Å². The minimum atomic E-state index is -1.07. The third kappa shape index (κ3) is 3.61. The molecule has 4 aliphatic heterocycles. The highest BCUT2D eigenvalue weighted by Crippen LogP contribution is 2.34. The molecule has 0 bridgehead atoms. The van der Waals surface area contributed by atoms with Crippen molar-refractivity contribution in [3.8, 4) is 0 Å². The quantitative estimate of drug-likeness (QED) is 0.764. The molecule has 4 saturated heterocycles. The first-order valence-electron chi connectivity index (χ1n) is 10.6. The number of ketones is 1. The van der Waals surface area contributed by atoms with Gasteiger partial charge >= 0.3 is 6.03 Å². The van der Waals surface area contributed by atoms with Crippen LogP contribution in [-0.2, 0) is 9.53 Å². The molecule has 1 aromatic carbocycles. The number of Topliss-reactive ketones (excluding diaryl/α,β-unsaturated/α-hetero) is 1. The van der Waals surface area contributed by atoms with Crippen LogP contribution in [0.3, 0.4) is 0 Å². The van der Waals surface area contributed by atoms with Gasteiger partial charge in [0.2, 0.25) is 0 Å². The molecule has 2 atom stereocenters. The van der Waals surface area contributed by atoms with Gasteiger partial charge in [-0.25, -0.2) is 9.18 Å². The minimum Gasteiger partial charge on any atom is -0.370 e. The Morgan fingerprint density at radius 2 is 1.86 bits per heavy atom. The second kappa shape index (κ2) is 6.97. The van der Waals surface area contributed by atoms with Gasteiger partial charge in [-0.2, -0.15) is 0 Å². The van der Waals surface area contributed by atoms with Crippen LogP contribution in [0.25, 0.3) is 0 Å². The molecule has 0 aliphatic carbocycles. The number of halogens is 1. The van der Waals surface area contributed by atoms with Crippen molar-refractivity contribution in [3.05, 3.63) is 29.8 Å². The number of rotatable bonds is 2. The molecule has 0 saturated carbocycles. The number of carbonyl (C=O) groups is 2. The smallest absolute Gasteiger partial charge is 0.320 e. The molecule has 0 unspecified atom stereocenters. The number of piperidine rings is 1. The van der Waals surface area contributed by atoms with Crippen LogP contribution in [0, 0.1) is 5.92 Å². The van der Waals surface area contributed by atoms with E-state index in [2.05, 4.69) is 24.3 Å². The van der Waals surface area contributed by atoms with Crippen molar-refractivity contribution in [2.45, 2.75) is 37.5 Å². The molecule has 0 radical (unpaired) electrons. The molecular weight excluding hydrogens is 373 g/mol. The Morgan fingerprint density at radius 3 is 2.55 bits per heavy atom. The first-order valence-corrected chi connectivity index (χ1v) is 10.6. The maximum Gasteiger partial charge on any atom is 0.320 e. The summed E-state index contributed by atoms with van der Waals surface area (Å²) in [5.74, 6) is 0.640. The Bertz CT molecular complexity index is 798. The highest BCUT2D eigenvalue weighted by atomic mass is 19.1. The zero-order valence-electron chi connectivity index (χ0n) is 16.8. The molecule has 2 amide bonds. The molecule has 5 rings (SSSR count). The Morgan fingerprint density at radius 1 is 1.14 bits per heavy atom. The molecule has 0 aromatic heterocycles. The fourth-order valence-electron chi connectivity index (χ4n) is 5.09. The van der Waals surface area contributed by atoms with Crippen LogP contribution in [0.5, 0.6) is 0 Å². The molecular formula is C22H28FN3O3. The molecule has 0 N–H and O–H groups in total. The van der Waals surface area contributed by atoms with Crippen molar-refractivity contribution >= 4 is 17.5 Å². The number of hydrogen-bond donors (Lipinski definition) is 0. The summed E-state index contributed by atoms with van der Waals surface area (Å²) in [6.45, 7) is 5.54. The molecule has 0 spiro atoms. The van der Waals surface area contributed by atoms with Crippen LogP contribution in [0.2, 0.25) is 0 Å². The Balaban J connectivity index is 1.13. The van der Waals surface area contributed by atoms with Gasteiger partial charge in [-0.05, 0) is 31.0 Å². The molecule has 4 aliphatic rings. The maximum absolute atomic E-state index is 13.7. The number of fused-ring (bicyclic) bond motifs is 1. The highest BCUT2D eigenvalue weighted by Gasteiger charge is 2.41. The van der Waals surface area contributed by atoms with Gasteiger partial charge < -0.3 is 19.4 Å². The van der Waals surface area contributed by atoms with Crippen LogP contribution >= 0.6 is 0 Å². The SMILES string of the molecule is CC1(F)CN(c2ccc(C3CN(C(=O)N4CC[C@@H]5OCC(=O)C[C@@H]5C4)C3)cc2)C1. The van der Waals surface area contributed by atoms with E-state index in [9.17, 15) is 14.0 Å². The molecule has 6 nitrogen and oxygen atoms in total. The molecule has 29 heavy (non-hydrogen) atoms. The summed E-state index contributed by atoms with van der Waals surface area (Å²) in [5.41, 5.74) is 1.22. The molecule has 7 heteroatoms. The van der Waals surface area contributed by atoms with Crippen molar-refractivity contribution in [2.75, 3.05) is 50.8 Å². The molecule has 1 aromatic rings. The summed E-state index contributed by atoms with van der Waals surface area (Å²) in [7, 11) is 0. The predicted octanol–water partition coefficient (Wildman–Crippen LogP) is 2.43. The van der Waals surface area contributed by atoms with Crippen molar-refractivity contribution in [3.63, 3.8) is 0 Å². The average molecular weight is 401 g/mol. The second-order valence-electron chi connectivity index (χ2n) is 9.33. The number of amides is 2. The van der Waals surface area contributed by atoms with E-state index in [0.29, 0.717) is 38.5 Å². The summed E-state index contributed by atoms with van der Waals surface area (Å²) in [6.07, 6.45) is 1.47. The average Bonchev–Trinajstić information content (AvgIpc) is 2.64. The number of hydrogen-bond acceptors (Lipinski definition) is 4. The number of urea groups is 1. The molecule has 4 fully saturated rings. The van der Waals surface area contributed by atoms with Crippen LogP contribution in [0.15, 0.2) is 24.3 Å². The number of alkyl halides is 1. The van der Waals surface area contributed by atoms with E-state index in [1.807, 2.05) is 14.7 Å². The van der Waals surface area contributed by atoms with Gasteiger partial charge in [0.1, 0.15) is 12.3 Å². The first-order chi connectivity index (χ1) is 13.9. The van der Waals surface area contributed by atoms with Gasteiger partial charge in [0.25, 0.3) is 0 Å². The summed E-state index contributed by atoms with van der Waals surface area (Å²) < 4.78 is 19.3. The van der Waals surface area contributed by atoms with Crippen molar-refractivity contribution < 1.29 is 18.7 Å². The van der Waals surface area contributed by atoms with E-state index in [1.165, 1.54) is 5.56 Å². The monoisotopic (exact) mass is 401 g/mol. The number of nitrogens with zero attached hydrogens (tertiary/aromatic N) is 3. The zero-order chi connectivity index (χ0) is 20.2. The lowest BCUT2D eigenvalue weighted by atomic mass is 9.87. The molecule has 4 heterocycles. The van der Waals surface area contributed by atoms with E-state index in [-0.39, 0.29) is 30.4 Å². The van der Waals surface area contributed by atoms with Crippen LogP contribution < -0.4 is 4.90 Å². The van der Waals surface area contributed by atoms with E-state index in [0.717, 1.165) is 25.2 Å². The third-order valence-electron chi connectivity index (χ3n) is 6.81. The van der Waals surface area contributed by atoms with Gasteiger partial charge in [-0.3, -0.25) is 4.79 Å². The maximum atomic E-state index is 13.7. The number of likely N-dealkylation sites (tertiary alicyclic amines) is 2. The number of ether oxygens (including phenoxy) is 1. The second-order valence-corrected chi connectivity index (χ2v) is 9.33. The van der Waals surface area contributed by atoms with Crippen LogP contribution in [-0.4, -0.2) is 79.3 Å². The lowest BCUT2D eigenvalue weighted by Gasteiger charge is -2.46. The van der Waals surface area contributed by atoms with E-state index >= 15 is 0 Å². The van der Waals surface area contributed by atoms with Gasteiger partial charge in [0.05, 0.1) is 19.2 Å². The lowest BCUT2D eigenvalue weighted by Crippen LogP contribution is -2.58. The standard InChI is InChI=1S/C22H28FN3O3/c1-22(23)13-26(14-22)18-4-2-15(3-5-18)17-10-25(11-17)21(28)24-7-6-20-16(9-24)8-19(27)12-29-20/h2-5,16-17,20H,6-14H2,1H3/t16-,20+/m1/s1. The minimum absolute atomic E-state index is 0.0807. The van der Waals surface area contributed by atoms with Crippen LogP contribution in [0.1, 0.15) is 31.2 Å². The summed E-state index contributed by atoms with van der Waals surface area (Å²) in [4.78, 5) is 30.3. The van der Waals surface area contributed by atoms with Gasteiger partial charge in [-0.15, -0.1) is 0 Å². The first kappa shape index (κ1) is 18.9. The Labute approximate surface area is 170 Å². The van der Waals surface area contributed by atoms with Gasteiger partial charge in [0.15, 0.2) is 5.78 Å². The van der Waals surface area contributed by atoms with Gasteiger partial charge in [-0.1, -0.05) is 12.1 Å². The molecule has 156 valence electrons. The summed E-state index contributed by atoms with van der Waals surface area (Å²) >= 11 is 0. The Kier molecular flexibility index (Phi) is 4.53. The number of carbonyl (C=O) groups excluding carboxylic acids is 2. The third-order valence-corrected chi connectivity index (χ3v) is 6.81. The number of benzene rings is 1. The van der Waals surface area contributed by atoms with Crippen LogP contribution in [0.4, 0.5) is 14.9 Å². The van der Waals surface area contributed by atoms with E-state index in [4.69, 9.17) is 4.74 Å². The fourth-order valence-corrected chi connectivity index (χ4v) is 5.09. The zero-order valence-corrected chi connectivity index (χ0v) is 16.8. The fraction of sp³-hybridized carbons (Fsp3) is 0.636. The number of anilines is 1. The largest absolute Gasteiger partial charge is 0.370 e. The highest BCUT2D eigenvalue weighted by molar-refractivity contribution is 5.81. The summed E-state index contributed by atoms with van der Waals surface area (Å²) in [5, 5.41) is 0. The van der Waals surface area contributed by atoms with Crippen molar-refractivity contribution in [2.24, 2.45) is 5.92 Å².